The van der Waals surface area contributed by atoms with Crippen LogP contribution < -0.4 is 21.0 Å². The van der Waals surface area contributed by atoms with Crippen molar-refractivity contribution in [2.24, 2.45) is 0 Å². The van der Waals surface area contributed by atoms with Gasteiger partial charge in [0.2, 0.25) is 0 Å². The molecule has 4 N–H and O–H groups in total. The first-order valence-corrected chi connectivity index (χ1v) is 11.3. The molecule has 0 saturated carbocycles. The lowest BCUT2D eigenvalue weighted by molar-refractivity contribution is -0.145. The highest BCUT2D eigenvalue weighted by molar-refractivity contribution is 7.45. The zero-order valence-electron chi connectivity index (χ0n) is 17.8. The van der Waals surface area contributed by atoms with Gasteiger partial charge in [-0.25, -0.2) is 9.88 Å². The Labute approximate surface area is 186 Å². The molecule has 12 heteroatoms. The SMILES string of the molecule is CC(C)OC(=O)CNP(OCC1OC(n2ccc(N)nc2=O)CC1O)Oc1ccccc1. The molecule has 1 aromatic heterocycles. The number of anilines is 1. The highest BCUT2D eigenvalue weighted by Gasteiger charge is 2.36. The minimum absolute atomic E-state index is 0.0282. The van der Waals surface area contributed by atoms with Crippen LogP contribution in [0.3, 0.4) is 0 Å². The average Bonchev–Trinajstić information content (AvgIpc) is 3.10. The minimum atomic E-state index is -1.75. The maximum atomic E-state index is 12.0. The van der Waals surface area contributed by atoms with Gasteiger partial charge in [-0.1, -0.05) is 18.2 Å². The fourth-order valence-corrected chi connectivity index (χ4v) is 4.00. The van der Waals surface area contributed by atoms with E-state index in [-0.39, 0.29) is 31.5 Å². The molecule has 2 aromatic rings. The molecule has 0 amide bonds. The van der Waals surface area contributed by atoms with Gasteiger partial charge in [-0.3, -0.25) is 9.36 Å². The third-order valence-corrected chi connectivity index (χ3v) is 5.55. The van der Waals surface area contributed by atoms with E-state index in [4.69, 9.17) is 24.3 Å². The van der Waals surface area contributed by atoms with Gasteiger partial charge in [0.15, 0.2) is 0 Å². The molecular formula is C20H27N4O7P. The van der Waals surface area contributed by atoms with Gasteiger partial charge in [0.25, 0.3) is 0 Å². The zero-order valence-corrected chi connectivity index (χ0v) is 18.7. The fourth-order valence-electron chi connectivity index (χ4n) is 2.94. The summed E-state index contributed by atoms with van der Waals surface area (Å²) >= 11 is 0. The Morgan fingerprint density at radius 1 is 1.38 bits per heavy atom. The van der Waals surface area contributed by atoms with Gasteiger partial charge in [-0.2, -0.15) is 4.98 Å². The van der Waals surface area contributed by atoms with Crippen molar-refractivity contribution in [2.75, 3.05) is 18.9 Å². The number of rotatable bonds is 10. The molecule has 11 nitrogen and oxygen atoms in total. The monoisotopic (exact) mass is 466 g/mol. The van der Waals surface area contributed by atoms with Crippen LogP contribution in [0.4, 0.5) is 5.82 Å². The van der Waals surface area contributed by atoms with E-state index in [1.165, 1.54) is 16.8 Å². The smallest absolute Gasteiger partial charge is 0.351 e. The summed E-state index contributed by atoms with van der Waals surface area (Å²) in [4.78, 5) is 27.6. The van der Waals surface area contributed by atoms with Crippen molar-refractivity contribution in [3.8, 4) is 5.75 Å². The van der Waals surface area contributed by atoms with Crippen LogP contribution in [0.5, 0.6) is 5.75 Å². The number of benzene rings is 1. The van der Waals surface area contributed by atoms with E-state index in [9.17, 15) is 14.7 Å². The summed E-state index contributed by atoms with van der Waals surface area (Å²) in [7, 11) is -1.75. The first-order chi connectivity index (χ1) is 15.3. The van der Waals surface area contributed by atoms with Crippen LogP contribution in [-0.4, -0.2) is 52.1 Å². The molecule has 0 radical (unpaired) electrons. The largest absolute Gasteiger partial charge is 0.462 e. The van der Waals surface area contributed by atoms with Crippen molar-refractivity contribution in [3.63, 3.8) is 0 Å². The number of carbonyl (C=O) groups is 1. The number of para-hydroxylation sites is 1. The topological polar surface area (TPSA) is 147 Å². The fraction of sp³-hybridized carbons (Fsp3) is 0.450. The van der Waals surface area contributed by atoms with Gasteiger partial charge in [0, 0.05) is 12.6 Å². The lowest BCUT2D eigenvalue weighted by Gasteiger charge is -2.21. The number of nitrogens with two attached hydrogens (primary N) is 1. The van der Waals surface area contributed by atoms with Crippen LogP contribution in [0.2, 0.25) is 0 Å². The van der Waals surface area contributed by atoms with E-state index in [1.807, 2.05) is 18.2 Å². The van der Waals surface area contributed by atoms with Crippen LogP contribution in [0.1, 0.15) is 26.5 Å². The summed E-state index contributed by atoms with van der Waals surface area (Å²) in [5, 5.41) is 13.3. The number of aromatic nitrogens is 2. The van der Waals surface area contributed by atoms with Gasteiger partial charge < -0.3 is 29.4 Å². The molecule has 1 aliphatic heterocycles. The third kappa shape index (κ3) is 6.98. The second-order valence-corrected chi connectivity index (χ2v) is 8.58. The summed E-state index contributed by atoms with van der Waals surface area (Å²) < 4.78 is 23.8. The zero-order chi connectivity index (χ0) is 23.1. The number of ether oxygens (including phenoxy) is 2. The van der Waals surface area contributed by atoms with Crippen molar-refractivity contribution >= 4 is 20.3 Å². The number of nitrogens with one attached hydrogen (secondary N) is 1. The molecular weight excluding hydrogens is 439 g/mol. The molecule has 1 aliphatic rings. The molecule has 4 atom stereocenters. The highest BCUT2D eigenvalue weighted by atomic mass is 31.2. The molecule has 0 bridgehead atoms. The van der Waals surface area contributed by atoms with E-state index in [0.717, 1.165) is 0 Å². The second kappa shape index (κ2) is 11.3. The number of hydrogen-bond acceptors (Lipinski definition) is 10. The van der Waals surface area contributed by atoms with E-state index in [2.05, 4.69) is 10.1 Å². The van der Waals surface area contributed by atoms with E-state index >= 15 is 0 Å². The normalized spacial score (nSPS) is 21.4. The standard InChI is InChI=1S/C20H27N4O7P/c1-13(2)29-19(26)11-22-32(31-14-6-4-3-5-7-14)28-12-16-15(25)10-18(30-16)24-9-8-17(21)23-20(24)27/h3-9,13,15-16,18,22,25H,10-12H2,1-2H3,(H2,21,23,27). The number of hydrogen-bond donors (Lipinski definition) is 3. The van der Waals surface area contributed by atoms with Crippen molar-refractivity contribution < 1.29 is 28.4 Å². The lowest BCUT2D eigenvalue weighted by Crippen LogP contribution is -2.30. The summed E-state index contributed by atoms with van der Waals surface area (Å²) in [6, 6.07) is 10.5. The summed E-state index contributed by atoms with van der Waals surface area (Å²) in [6.45, 7) is 3.38. The Balaban J connectivity index is 1.60. The lowest BCUT2D eigenvalue weighted by atomic mass is 10.2. The molecule has 32 heavy (non-hydrogen) atoms. The maximum absolute atomic E-state index is 12.0. The predicted molar refractivity (Wildman–Crippen MR) is 117 cm³/mol. The average molecular weight is 466 g/mol. The number of aliphatic hydroxyl groups is 1. The van der Waals surface area contributed by atoms with Crippen molar-refractivity contribution in [1.29, 1.82) is 0 Å². The minimum Gasteiger partial charge on any atom is -0.462 e. The number of aliphatic hydroxyl groups excluding tert-OH is 1. The Hall–Kier alpha value is -2.56. The van der Waals surface area contributed by atoms with Gasteiger partial charge >= 0.3 is 20.2 Å². The Morgan fingerprint density at radius 3 is 2.81 bits per heavy atom. The molecule has 174 valence electrons. The molecule has 0 spiro atoms. The number of nitrogens with zero attached hydrogens (tertiary/aromatic N) is 2. The molecule has 1 saturated heterocycles. The highest BCUT2D eigenvalue weighted by Crippen LogP contribution is 2.37. The summed E-state index contributed by atoms with van der Waals surface area (Å²) in [6.07, 6.45) is -0.864. The van der Waals surface area contributed by atoms with Crippen LogP contribution in [0.15, 0.2) is 47.4 Å². The van der Waals surface area contributed by atoms with E-state index < -0.39 is 38.6 Å². The van der Waals surface area contributed by atoms with E-state index in [0.29, 0.717) is 5.75 Å². The first-order valence-electron chi connectivity index (χ1n) is 10.1. The van der Waals surface area contributed by atoms with Gasteiger partial charge in [0.05, 0.1) is 18.8 Å². The van der Waals surface area contributed by atoms with Gasteiger partial charge in [-0.05, 0) is 32.0 Å². The molecule has 1 aromatic carbocycles. The quantitative estimate of drug-likeness (QED) is 0.346. The Kier molecular flexibility index (Phi) is 8.54. The third-order valence-electron chi connectivity index (χ3n) is 4.37. The van der Waals surface area contributed by atoms with Crippen LogP contribution in [0, 0.1) is 0 Å². The first kappa shape index (κ1) is 24.1. The maximum Gasteiger partial charge on any atom is 0.351 e. The second-order valence-electron chi connectivity index (χ2n) is 7.31. The predicted octanol–water partition coefficient (Wildman–Crippen LogP) is 1.34. The summed E-state index contributed by atoms with van der Waals surface area (Å²) in [5.74, 6) is 0.212. The van der Waals surface area contributed by atoms with E-state index in [1.54, 1.807) is 26.0 Å². The van der Waals surface area contributed by atoms with Crippen molar-refractivity contribution in [1.82, 2.24) is 14.6 Å². The van der Waals surface area contributed by atoms with Crippen LogP contribution in [-0.2, 0) is 18.8 Å². The molecule has 4 unspecified atom stereocenters. The molecule has 1 fully saturated rings. The molecule has 2 heterocycles. The Morgan fingerprint density at radius 2 is 2.12 bits per heavy atom. The number of esters is 1. The van der Waals surface area contributed by atoms with Crippen LogP contribution >= 0.6 is 8.53 Å². The number of carbonyl (C=O) groups excluding carboxylic acids is 1. The van der Waals surface area contributed by atoms with Gasteiger partial charge in [0.1, 0.15) is 30.4 Å². The molecule has 0 aliphatic carbocycles. The van der Waals surface area contributed by atoms with Crippen molar-refractivity contribution in [2.45, 2.75) is 44.8 Å². The molecule has 3 rings (SSSR count). The van der Waals surface area contributed by atoms with Crippen LogP contribution in [0.25, 0.3) is 0 Å². The summed E-state index contributed by atoms with van der Waals surface area (Å²) in [5.41, 5.74) is 4.95. The Bertz CT molecular complexity index is 943. The number of nitrogen functional groups attached to an aromatic ring is 1. The van der Waals surface area contributed by atoms with Gasteiger partial charge in [-0.15, -0.1) is 0 Å². The van der Waals surface area contributed by atoms with Crippen molar-refractivity contribution in [3.05, 3.63) is 53.1 Å².